The van der Waals surface area contributed by atoms with Gasteiger partial charge in [-0.1, -0.05) is 24.3 Å². The molecule has 3 fully saturated rings. The largest absolute Gasteiger partial charge is 0.496 e. The molecule has 0 bridgehead atoms. The molecule has 10 rings (SSSR count). The van der Waals surface area contributed by atoms with Gasteiger partial charge in [0.05, 0.1) is 35.1 Å². The van der Waals surface area contributed by atoms with Crippen molar-refractivity contribution >= 4 is 51.9 Å². The number of piperidine rings is 2. The third-order valence-corrected chi connectivity index (χ3v) is 13.5. The fourth-order valence-electron chi connectivity index (χ4n) is 9.87. The number of carbonyl (C=O) groups is 4. The number of nitrogens with one attached hydrogen (secondary N) is 2. The Morgan fingerprint density at radius 1 is 0.853 bits per heavy atom. The predicted molar refractivity (Wildman–Crippen MR) is 247 cm³/mol. The van der Waals surface area contributed by atoms with Crippen LogP contribution in [0.4, 0.5) is 30.4 Å². The molecule has 16 nitrogen and oxygen atoms in total. The van der Waals surface area contributed by atoms with Crippen LogP contribution in [0, 0.1) is 23.4 Å². The molecule has 0 unspecified atom stereocenters. The Morgan fingerprint density at radius 3 is 2.34 bits per heavy atom. The molecule has 3 saturated heterocycles. The molecule has 19 heteroatoms. The van der Waals surface area contributed by atoms with Gasteiger partial charge in [0, 0.05) is 82.5 Å². The van der Waals surface area contributed by atoms with Crippen LogP contribution < -0.4 is 30.9 Å². The molecule has 2 aromatic heterocycles. The number of piperazine rings is 1. The molecule has 6 aromatic rings. The molecular formula is C49H48F3N11O5. The number of anilines is 3. The highest BCUT2D eigenvalue weighted by Crippen LogP contribution is 2.36. The van der Waals surface area contributed by atoms with Gasteiger partial charge in [-0.05, 0) is 78.8 Å². The first kappa shape index (κ1) is 44.3. The van der Waals surface area contributed by atoms with E-state index in [1.807, 2.05) is 35.2 Å². The quantitative estimate of drug-likeness (QED) is 0.144. The lowest BCUT2D eigenvalue weighted by molar-refractivity contribution is -0.136. The zero-order chi connectivity index (χ0) is 47.2. The fraction of sp³-hybridized carbons (Fsp3) is 0.327. The van der Waals surface area contributed by atoms with Crippen LogP contribution in [0.5, 0.6) is 5.75 Å². The number of carbonyl (C=O) groups excluding carboxylic acids is 4. The van der Waals surface area contributed by atoms with Crippen molar-refractivity contribution in [2.45, 2.75) is 44.8 Å². The second-order valence-corrected chi connectivity index (χ2v) is 17.7. The second-order valence-electron chi connectivity index (χ2n) is 17.7. The third kappa shape index (κ3) is 8.53. The van der Waals surface area contributed by atoms with E-state index < -0.39 is 41.2 Å². The first-order valence-corrected chi connectivity index (χ1v) is 22.6. The number of nitrogens with two attached hydrogens (primary N) is 1. The average Bonchev–Trinajstić information content (AvgIpc) is 3.89. The summed E-state index contributed by atoms with van der Waals surface area (Å²) in [5, 5.41) is 10.5. The summed E-state index contributed by atoms with van der Waals surface area (Å²) in [4.78, 5) is 66.7. The molecule has 4 N–H and O–H groups in total. The number of methoxy groups -OCH3 is 1. The number of ether oxygens (including phenoxy) is 1. The summed E-state index contributed by atoms with van der Waals surface area (Å²) >= 11 is 0. The van der Waals surface area contributed by atoms with E-state index in [0.717, 1.165) is 44.1 Å². The van der Waals surface area contributed by atoms with Crippen LogP contribution in [0.25, 0.3) is 28.0 Å². The maximum absolute atomic E-state index is 16.1. The van der Waals surface area contributed by atoms with Crippen molar-refractivity contribution in [2.75, 3.05) is 68.5 Å². The summed E-state index contributed by atoms with van der Waals surface area (Å²) in [6.45, 7) is 5.35. The van der Waals surface area contributed by atoms with Crippen LogP contribution in [-0.2, 0) is 22.7 Å². The Kier molecular flexibility index (Phi) is 11.9. The number of fused-ring (bicyclic) bond motifs is 2. The highest BCUT2D eigenvalue weighted by molar-refractivity contribution is 6.05. The molecule has 0 saturated carbocycles. The number of hydrogen-bond acceptors (Lipinski definition) is 12. The monoisotopic (exact) mass is 927 g/mol. The predicted octanol–water partition coefficient (Wildman–Crippen LogP) is 5.22. The van der Waals surface area contributed by atoms with Crippen molar-refractivity contribution in [3.05, 3.63) is 119 Å². The van der Waals surface area contributed by atoms with Crippen molar-refractivity contribution in [1.82, 2.24) is 40.2 Å². The summed E-state index contributed by atoms with van der Waals surface area (Å²) < 4.78 is 52.2. The molecule has 4 aromatic carbocycles. The lowest BCUT2D eigenvalue weighted by Crippen LogP contribution is -2.52. The Balaban J connectivity index is 0.745. The van der Waals surface area contributed by atoms with Gasteiger partial charge >= 0.3 is 0 Å². The molecule has 4 aliphatic heterocycles. The summed E-state index contributed by atoms with van der Waals surface area (Å²) in [5.74, 6) is -2.26. The van der Waals surface area contributed by atoms with Crippen LogP contribution in [0.1, 0.15) is 57.5 Å². The van der Waals surface area contributed by atoms with E-state index >= 15 is 8.78 Å². The molecule has 350 valence electrons. The Hall–Kier alpha value is -7.54. The van der Waals surface area contributed by atoms with Gasteiger partial charge < -0.3 is 30.5 Å². The summed E-state index contributed by atoms with van der Waals surface area (Å²) in [5.41, 5.74) is 11.2. The number of imide groups is 1. The minimum Gasteiger partial charge on any atom is -0.496 e. The molecule has 1 atom stereocenters. The standard InChI is InChI=1S/C49H48F3N11O5/c1-68-41-10-6-32(50)21-35(41)47(65)54-24-28-2-4-30(5-3-28)44-43-45(53)55-27-56-46(43)63(58-44)33-7-8-38(36(51)22-33)60-14-12-29(13-15-60)25-59-16-18-61(19-17-59)40-20-31-26-62(49(67)34(31)23-37(40)52)39-9-11-42(64)57-48(39)66/h2-8,10,20-23,27,29,39H,9,11-19,24-26H2,1H3,(H,54,65)(H2,53,55,56)(H,57,64,66)/t39-/m0/s1. The normalized spacial score (nSPS) is 18.0. The van der Waals surface area contributed by atoms with Gasteiger partial charge in [0.25, 0.3) is 11.8 Å². The SMILES string of the molecule is COc1ccc(F)cc1C(=O)NCc1ccc(-c2nn(-c3ccc(N4CCC(CN5CCN(c6cc7c(cc6F)C(=O)N([C@H]6CCC(=O)NC6=O)C7)CC5)CC4)c(F)c3)c3ncnc(N)c23)cc1. The highest BCUT2D eigenvalue weighted by atomic mass is 19.1. The van der Waals surface area contributed by atoms with E-state index in [4.69, 9.17) is 15.6 Å². The van der Waals surface area contributed by atoms with Crippen LogP contribution in [0.3, 0.4) is 0 Å². The van der Waals surface area contributed by atoms with Crippen LogP contribution in [0.2, 0.25) is 0 Å². The van der Waals surface area contributed by atoms with Crippen molar-refractivity contribution in [2.24, 2.45) is 5.92 Å². The Labute approximate surface area is 388 Å². The molecule has 4 aliphatic rings. The second kappa shape index (κ2) is 18.3. The lowest BCUT2D eigenvalue weighted by atomic mass is 9.95. The zero-order valence-electron chi connectivity index (χ0n) is 37.2. The van der Waals surface area contributed by atoms with Gasteiger partial charge in [0.2, 0.25) is 11.8 Å². The highest BCUT2D eigenvalue weighted by Gasteiger charge is 2.40. The maximum Gasteiger partial charge on any atom is 0.255 e. The topological polar surface area (TPSA) is 184 Å². The minimum atomic E-state index is -0.757. The van der Waals surface area contributed by atoms with Crippen molar-refractivity contribution in [3.63, 3.8) is 0 Å². The van der Waals surface area contributed by atoms with Crippen molar-refractivity contribution in [1.29, 1.82) is 0 Å². The van der Waals surface area contributed by atoms with Gasteiger partial charge in [-0.3, -0.25) is 29.4 Å². The molecule has 0 spiro atoms. The van der Waals surface area contributed by atoms with Crippen molar-refractivity contribution < 1.29 is 37.1 Å². The molecule has 0 radical (unpaired) electrons. The van der Waals surface area contributed by atoms with E-state index in [-0.39, 0.29) is 54.5 Å². The number of aromatic nitrogens is 4. The average molecular weight is 928 g/mol. The number of nitrogen functional groups attached to an aromatic ring is 1. The smallest absolute Gasteiger partial charge is 0.255 e. The molecule has 6 heterocycles. The number of amides is 4. The fourth-order valence-corrected chi connectivity index (χ4v) is 9.87. The first-order valence-electron chi connectivity index (χ1n) is 22.6. The molecule has 68 heavy (non-hydrogen) atoms. The van der Waals surface area contributed by atoms with Crippen molar-refractivity contribution in [3.8, 4) is 22.7 Å². The lowest BCUT2D eigenvalue weighted by Gasteiger charge is -2.40. The number of nitrogens with zero attached hydrogens (tertiary/aromatic N) is 8. The summed E-state index contributed by atoms with van der Waals surface area (Å²) in [6, 6.07) is 18.4. The molecular weight excluding hydrogens is 880 g/mol. The Morgan fingerprint density at radius 2 is 1.60 bits per heavy atom. The van der Waals surface area contributed by atoms with Gasteiger partial charge in [-0.25, -0.2) is 27.8 Å². The van der Waals surface area contributed by atoms with E-state index in [1.54, 1.807) is 16.8 Å². The van der Waals surface area contributed by atoms with E-state index in [9.17, 15) is 23.6 Å². The molecule has 4 amide bonds. The van der Waals surface area contributed by atoms with Gasteiger partial charge in [-0.15, -0.1) is 0 Å². The number of hydrogen-bond donors (Lipinski definition) is 3. The van der Waals surface area contributed by atoms with E-state index in [2.05, 4.69) is 30.4 Å². The number of rotatable bonds is 11. The van der Waals surface area contributed by atoms with Gasteiger partial charge in [0.15, 0.2) is 5.65 Å². The summed E-state index contributed by atoms with van der Waals surface area (Å²) in [6.07, 6.45) is 3.51. The molecule has 0 aliphatic carbocycles. The van der Waals surface area contributed by atoms with E-state index in [0.29, 0.717) is 77.0 Å². The van der Waals surface area contributed by atoms with Crippen LogP contribution in [0.15, 0.2) is 79.1 Å². The van der Waals surface area contributed by atoms with Gasteiger partial charge in [-0.2, -0.15) is 5.10 Å². The van der Waals surface area contributed by atoms with Gasteiger partial charge in [0.1, 0.15) is 47.1 Å². The number of benzene rings is 4. The van der Waals surface area contributed by atoms with Crippen LogP contribution >= 0.6 is 0 Å². The first-order chi connectivity index (χ1) is 32.9. The minimum absolute atomic E-state index is 0.0882. The van der Waals surface area contributed by atoms with Crippen LogP contribution in [-0.4, -0.2) is 112 Å². The summed E-state index contributed by atoms with van der Waals surface area (Å²) in [7, 11) is 1.41. The maximum atomic E-state index is 16.1. The van der Waals surface area contributed by atoms with E-state index in [1.165, 1.54) is 42.6 Å². The zero-order valence-corrected chi connectivity index (χ0v) is 37.2. The third-order valence-electron chi connectivity index (χ3n) is 13.5. The Bertz CT molecular complexity index is 2970. The number of halogens is 3.